The van der Waals surface area contributed by atoms with E-state index in [4.69, 9.17) is 12.2 Å². The van der Waals surface area contributed by atoms with Gasteiger partial charge in [-0.3, -0.25) is 0 Å². The number of para-hydroxylation sites is 1. The van der Waals surface area contributed by atoms with E-state index in [2.05, 4.69) is 36.0 Å². The summed E-state index contributed by atoms with van der Waals surface area (Å²) in [6.45, 7) is 6.28. The zero-order valence-electron chi connectivity index (χ0n) is 13.0. The molecule has 1 fully saturated rings. The van der Waals surface area contributed by atoms with Crippen LogP contribution in [0.5, 0.6) is 0 Å². The van der Waals surface area contributed by atoms with Gasteiger partial charge in [-0.1, -0.05) is 12.1 Å². The zero-order valence-corrected chi connectivity index (χ0v) is 13.8. The maximum absolute atomic E-state index is 13.6. The van der Waals surface area contributed by atoms with Crippen LogP contribution in [-0.4, -0.2) is 47.1 Å². The number of hydrogen-bond donors (Lipinski definition) is 1. The van der Waals surface area contributed by atoms with E-state index in [1.807, 2.05) is 0 Å². The lowest BCUT2D eigenvalue weighted by Gasteiger charge is -2.39. The molecule has 116 valence electrons. The number of rotatable bonds is 3. The van der Waals surface area contributed by atoms with Crippen molar-refractivity contribution in [3.63, 3.8) is 0 Å². The largest absolute Gasteiger partial charge is 0.349 e. The summed E-state index contributed by atoms with van der Waals surface area (Å²) < 4.78 is 13.6. The molecule has 0 unspecified atom stereocenters. The van der Waals surface area contributed by atoms with Crippen molar-refractivity contribution in [1.82, 2.24) is 9.80 Å². The van der Waals surface area contributed by atoms with E-state index in [1.165, 1.54) is 6.07 Å². The molecule has 0 spiro atoms. The first-order valence-corrected chi connectivity index (χ1v) is 7.92. The van der Waals surface area contributed by atoms with E-state index in [0.29, 0.717) is 22.9 Å². The van der Waals surface area contributed by atoms with Crippen LogP contribution in [0.25, 0.3) is 0 Å². The fourth-order valence-corrected chi connectivity index (χ4v) is 2.95. The molecule has 0 radical (unpaired) electrons. The molecule has 1 aromatic rings. The fourth-order valence-electron chi connectivity index (χ4n) is 2.65. The van der Waals surface area contributed by atoms with Crippen molar-refractivity contribution in [3.8, 4) is 0 Å². The van der Waals surface area contributed by atoms with Gasteiger partial charge in [0.25, 0.3) is 0 Å². The van der Waals surface area contributed by atoms with Gasteiger partial charge in [-0.25, -0.2) is 4.39 Å². The van der Waals surface area contributed by atoms with Gasteiger partial charge in [0.1, 0.15) is 5.82 Å². The summed E-state index contributed by atoms with van der Waals surface area (Å²) in [5.41, 5.74) is 0.448. The Morgan fingerprint density at radius 2 is 1.95 bits per heavy atom. The summed E-state index contributed by atoms with van der Waals surface area (Å²) >= 11 is 5.41. The van der Waals surface area contributed by atoms with Gasteiger partial charge in [0.05, 0.1) is 5.69 Å². The minimum absolute atomic E-state index is 0.269. The molecule has 2 rings (SSSR count). The molecule has 1 saturated heterocycles. The fraction of sp³-hybridized carbons (Fsp3) is 0.562. The van der Waals surface area contributed by atoms with Gasteiger partial charge < -0.3 is 15.1 Å². The average Bonchev–Trinajstić information content (AvgIpc) is 2.49. The molecule has 1 aromatic carbocycles. The Kier molecular flexibility index (Phi) is 5.53. The number of benzene rings is 1. The summed E-state index contributed by atoms with van der Waals surface area (Å²) in [5.74, 6) is -0.269. The topological polar surface area (TPSA) is 18.5 Å². The third-order valence-electron chi connectivity index (χ3n) is 4.26. The van der Waals surface area contributed by atoms with Crippen molar-refractivity contribution in [1.29, 1.82) is 0 Å². The average molecular weight is 309 g/mol. The van der Waals surface area contributed by atoms with Crippen LogP contribution in [0, 0.1) is 5.82 Å². The smallest absolute Gasteiger partial charge is 0.173 e. The molecular formula is C16H24FN3S. The molecule has 0 amide bonds. The van der Waals surface area contributed by atoms with Crippen LogP contribution in [-0.2, 0) is 0 Å². The third-order valence-corrected chi connectivity index (χ3v) is 4.62. The Hall–Kier alpha value is -1.20. The second kappa shape index (κ2) is 7.18. The van der Waals surface area contributed by atoms with E-state index in [-0.39, 0.29) is 5.82 Å². The first-order valence-electron chi connectivity index (χ1n) is 7.51. The highest BCUT2D eigenvalue weighted by Crippen LogP contribution is 2.19. The van der Waals surface area contributed by atoms with E-state index >= 15 is 0 Å². The molecule has 0 atom stereocenters. The van der Waals surface area contributed by atoms with Crippen molar-refractivity contribution in [2.45, 2.75) is 38.8 Å². The molecule has 5 heteroatoms. The second-order valence-electron chi connectivity index (χ2n) is 5.89. The molecule has 1 heterocycles. The molecule has 21 heavy (non-hydrogen) atoms. The summed E-state index contributed by atoms with van der Waals surface area (Å²) in [6.07, 6.45) is 2.18. The van der Waals surface area contributed by atoms with Gasteiger partial charge in [-0.05, 0) is 58.1 Å². The highest BCUT2D eigenvalue weighted by Gasteiger charge is 2.25. The summed E-state index contributed by atoms with van der Waals surface area (Å²) in [4.78, 5) is 4.55. The lowest BCUT2D eigenvalue weighted by Crippen LogP contribution is -2.48. The predicted octanol–water partition coefficient (Wildman–Crippen LogP) is 3.33. The molecular weight excluding hydrogens is 285 g/mol. The van der Waals surface area contributed by atoms with Gasteiger partial charge in [0, 0.05) is 25.2 Å². The van der Waals surface area contributed by atoms with Gasteiger partial charge in [0.15, 0.2) is 5.11 Å². The van der Waals surface area contributed by atoms with Crippen molar-refractivity contribution in [2.24, 2.45) is 0 Å². The summed E-state index contributed by atoms with van der Waals surface area (Å²) in [7, 11) is 2.18. The van der Waals surface area contributed by atoms with Crippen LogP contribution in [0.2, 0.25) is 0 Å². The van der Waals surface area contributed by atoms with Crippen LogP contribution >= 0.6 is 12.2 Å². The van der Waals surface area contributed by atoms with E-state index in [0.717, 1.165) is 25.9 Å². The van der Waals surface area contributed by atoms with Crippen molar-refractivity contribution < 1.29 is 4.39 Å². The number of halogens is 1. The SMILES string of the molecule is CC(C)N(C)C1CCN(C(=S)Nc2ccccc2F)CC1. The number of hydrogen-bond acceptors (Lipinski definition) is 2. The molecule has 0 bridgehead atoms. The van der Waals surface area contributed by atoms with Crippen molar-refractivity contribution in [2.75, 3.05) is 25.5 Å². The van der Waals surface area contributed by atoms with Crippen LogP contribution in [0.15, 0.2) is 24.3 Å². The first kappa shape index (κ1) is 16.2. The number of nitrogens with zero attached hydrogens (tertiary/aromatic N) is 2. The molecule has 0 aliphatic carbocycles. The Labute approximate surface area is 132 Å². The molecule has 0 saturated carbocycles. The molecule has 1 aliphatic heterocycles. The quantitative estimate of drug-likeness (QED) is 0.863. The highest BCUT2D eigenvalue weighted by atomic mass is 32.1. The zero-order chi connectivity index (χ0) is 15.4. The van der Waals surface area contributed by atoms with Gasteiger partial charge in [0.2, 0.25) is 0 Å². The normalized spacial score (nSPS) is 16.6. The molecule has 1 aliphatic rings. The number of anilines is 1. The number of likely N-dealkylation sites (tertiary alicyclic amines) is 1. The number of thiocarbonyl (C=S) groups is 1. The standard InChI is InChI=1S/C16H24FN3S/c1-12(2)19(3)13-8-10-20(11-9-13)16(21)18-15-7-5-4-6-14(15)17/h4-7,12-13H,8-11H2,1-3H3,(H,18,21). The molecule has 0 aromatic heterocycles. The Morgan fingerprint density at radius 1 is 1.33 bits per heavy atom. The predicted molar refractivity (Wildman–Crippen MR) is 90.1 cm³/mol. The van der Waals surface area contributed by atoms with Crippen LogP contribution in [0.4, 0.5) is 10.1 Å². The van der Waals surface area contributed by atoms with Gasteiger partial charge in [-0.2, -0.15) is 0 Å². The number of piperidine rings is 1. The van der Waals surface area contributed by atoms with E-state index < -0.39 is 0 Å². The monoisotopic (exact) mass is 309 g/mol. The lowest BCUT2D eigenvalue weighted by atomic mass is 10.0. The maximum Gasteiger partial charge on any atom is 0.173 e. The Bertz CT molecular complexity index is 484. The minimum atomic E-state index is -0.269. The van der Waals surface area contributed by atoms with Crippen molar-refractivity contribution >= 4 is 23.0 Å². The molecule has 1 N–H and O–H groups in total. The van der Waals surface area contributed by atoms with E-state index in [9.17, 15) is 4.39 Å². The minimum Gasteiger partial charge on any atom is -0.349 e. The second-order valence-corrected chi connectivity index (χ2v) is 6.27. The Morgan fingerprint density at radius 3 is 2.52 bits per heavy atom. The summed E-state index contributed by atoms with van der Waals surface area (Å²) in [6, 6.07) is 7.80. The maximum atomic E-state index is 13.6. The third kappa shape index (κ3) is 4.14. The van der Waals surface area contributed by atoms with Gasteiger partial charge >= 0.3 is 0 Å². The van der Waals surface area contributed by atoms with Crippen LogP contribution in [0.3, 0.4) is 0 Å². The van der Waals surface area contributed by atoms with Crippen LogP contribution in [0.1, 0.15) is 26.7 Å². The summed E-state index contributed by atoms with van der Waals surface area (Å²) in [5, 5.41) is 3.63. The van der Waals surface area contributed by atoms with E-state index in [1.54, 1.807) is 18.2 Å². The lowest BCUT2D eigenvalue weighted by molar-refractivity contribution is 0.136. The van der Waals surface area contributed by atoms with Crippen molar-refractivity contribution in [3.05, 3.63) is 30.1 Å². The first-order chi connectivity index (χ1) is 9.99. The van der Waals surface area contributed by atoms with Gasteiger partial charge in [-0.15, -0.1) is 0 Å². The Balaban J connectivity index is 1.88. The highest BCUT2D eigenvalue weighted by molar-refractivity contribution is 7.80. The number of nitrogens with one attached hydrogen (secondary N) is 1. The molecule has 3 nitrogen and oxygen atoms in total. The van der Waals surface area contributed by atoms with Crippen LogP contribution < -0.4 is 5.32 Å².